The fourth-order valence-corrected chi connectivity index (χ4v) is 4.29. The van der Waals surface area contributed by atoms with Crippen LogP contribution in [0.5, 0.6) is 17.2 Å². The molecule has 14 heteroatoms. The summed E-state index contributed by atoms with van der Waals surface area (Å²) < 4.78 is 43.4. The van der Waals surface area contributed by atoms with Crippen molar-refractivity contribution < 1.29 is 32.3 Å². The van der Waals surface area contributed by atoms with Gasteiger partial charge in [0.15, 0.2) is 0 Å². The molecule has 0 aromatic heterocycles. The molecule has 4 aromatic rings. The molecule has 0 bridgehead atoms. The van der Waals surface area contributed by atoms with Crippen molar-refractivity contribution in [2.45, 2.75) is 11.8 Å². The van der Waals surface area contributed by atoms with Crippen molar-refractivity contribution >= 4 is 60.9 Å². The molecule has 0 unspecified atom stereocenters. The number of carbonyl (C=O) groups is 1. The number of hydrogen-bond acceptors (Lipinski definition) is 11. The lowest BCUT2D eigenvalue weighted by Crippen LogP contribution is -2.04. The van der Waals surface area contributed by atoms with Gasteiger partial charge in [-0.05, 0) is 35.7 Å². The van der Waals surface area contributed by atoms with Crippen LogP contribution in [0, 0.1) is 0 Å². The molecule has 0 spiro atoms. The Balaban J connectivity index is 1.73. The SMILES string of the molecule is COc1cc(N=Nc2c(N)ccc3cc(S(=O)(=O)O)cc(O)c23)c(OC)cc1N=Nc1cccc(NC(C)=O)c1. The lowest BCUT2D eigenvalue weighted by molar-refractivity contribution is -0.114. The summed E-state index contributed by atoms with van der Waals surface area (Å²) in [5, 5.41) is 30.5. The topological polar surface area (TPSA) is 198 Å². The van der Waals surface area contributed by atoms with Crippen LogP contribution >= 0.6 is 0 Å². The quantitative estimate of drug-likeness (QED) is 0.110. The highest BCUT2D eigenvalue weighted by Gasteiger charge is 2.17. The van der Waals surface area contributed by atoms with Crippen molar-refractivity contribution in [3.63, 3.8) is 0 Å². The minimum absolute atomic E-state index is 0.0701. The minimum Gasteiger partial charge on any atom is -0.507 e. The number of ether oxygens (including phenoxy) is 2. The molecule has 0 radical (unpaired) electrons. The second-order valence-electron chi connectivity index (χ2n) is 8.35. The summed E-state index contributed by atoms with van der Waals surface area (Å²) in [5.41, 5.74) is 7.92. The maximum absolute atomic E-state index is 11.6. The average Bonchev–Trinajstić information content (AvgIpc) is 2.90. The number of azo groups is 2. The Labute approximate surface area is 228 Å². The first-order valence-corrected chi connectivity index (χ1v) is 12.9. The Morgan fingerprint density at radius 3 is 2.15 bits per heavy atom. The lowest BCUT2D eigenvalue weighted by atomic mass is 10.1. The van der Waals surface area contributed by atoms with Gasteiger partial charge in [-0.3, -0.25) is 9.35 Å². The Morgan fingerprint density at radius 2 is 1.55 bits per heavy atom. The molecule has 0 aliphatic rings. The van der Waals surface area contributed by atoms with Gasteiger partial charge in [0.1, 0.15) is 34.3 Å². The number of nitrogen functional groups attached to an aromatic ring is 1. The molecule has 5 N–H and O–H groups in total. The summed E-state index contributed by atoms with van der Waals surface area (Å²) in [6.07, 6.45) is 0. The second-order valence-corrected chi connectivity index (χ2v) is 9.77. The van der Waals surface area contributed by atoms with Crippen molar-refractivity contribution in [3.8, 4) is 17.2 Å². The monoisotopic (exact) mass is 564 g/mol. The van der Waals surface area contributed by atoms with Crippen molar-refractivity contribution in [3.05, 3.63) is 60.7 Å². The lowest BCUT2D eigenvalue weighted by Gasteiger charge is -2.10. The Kier molecular flexibility index (Phi) is 7.93. The Bertz CT molecular complexity index is 1790. The molecule has 1 amide bonds. The molecule has 206 valence electrons. The van der Waals surface area contributed by atoms with Gasteiger partial charge in [-0.15, -0.1) is 15.3 Å². The fourth-order valence-electron chi connectivity index (χ4n) is 3.76. The van der Waals surface area contributed by atoms with Gasteiger partial charge in [0.05, 0.1) is 35.9 Å². The second kappa shape index (κ2) is 11.3. The van der Waals surface area contributed by atoms with E-state index in [0.717, 1.165) is 6.07 Å². The van der Waals surface area contributed by atoms with Gasteiger partial charge >= 0.3 is 0 Å². The number of fused-ring (bicyclic) bond motifs is 1. The van der Waals surface area contributed by atoms with Crippen molar-refractivity contribution in [2.24, 2.45) is 20.5 Å². The molecule has 13 nitrogen and oxygen atoms in total. The van der Waals surface area contributed by atoms with E-state index in [1.807, 2.05) is 0 Å². The van der Waals surface area contributed by atoms with Crippen LogP contribution in [-0.2, 0) is 14.9 Å². The smallest absolute Gasteiger partial charge is 0.294 e. The molecule has 0 aliphatic heterocycles. The largest absolute Gasteiger partial charge is 0.507 e. The van der Waals surface area contributed by atoms with E-state index in [0.29, 0.717) is 22.8 Å². The van der Waals surface area contributed by atoms with E-state index >= 15 is 0 Å². The predicted octanol–water partition coefficient (Wildman–Crippen LogP) is 6.18. The first kappa shape index (κ1) is 27.9. The van der Waals surface area contributed by atoms with Crippen molar-refractivity contribution in [2.75, 3.05) is 25.3 Å². The molecule has 0 saturated carbocycles. The number of aromatic hydroxyl groups is 1. The first-order chi connectivity index (χ1) is 19.0. The fraction of sp³-hybridized carbons (Fsp3) is 0.115. The maximum atomic E-state index is 11.6. The summed E-state index contributed by atoms with van der Waals surface area (Å²) in [6.45, 7) is 1.40. The van der Waals surface area contributed by atoms with Gasteiger partial charge in [-0.1, -0.05) is 12.1 Å². The van der Waals surface area contributed by atoms with Crippen molar-refractivity contribution in [1.82, 2.24) is 0 Å². The molecule has 40 heavy (non-hydrogen) atoms. The van der Waals surface area contributed by atoms with E-state index < -0.39 is 20.8 Å². The number of phenols is 1. The first-order valence-electron chi connectivity index (χ1n) is 11.5. The molecule has 0 atom stereocenters. The highest BCUT2D eigenvalue weighted by Crippen LogP contribution is 2.43. The molecule has 0 saturated heterocycles. The normalized spacial score (nSPS) is 11.8. The summed E-state index contributed by atoms with van der Waals surface area (Å²) >= 11 is 0. The van der Waals surface area contributed by atoms with Gasteiger partial charge in [-0.25, -0.2) is 0 Å². The molecule has 4 aromatic carbocycles. The molecular formula is C26H24N6O7S. The molecule has 0 heterocycles. The van der Waals surface area contributed by atoms with Crippen LogP contribution in [0.15, 0.2) is 86.0 Å². The van der Waals surface area contributed by atoms with E-state index in [1.165, 1.54) is 51.5 Å². The van der Waals surface area contributed by atoms with Crippen LogP contribution < -0.4 is 20.5 Å². The molecule has 0 fully saturated rings. The van der Waals surface area contributed by atoms with Crippen LogP contribution in [0.3, 0.4) is 0 Å². The summed E-state index contributed by atoms with van der Waals surface area (Å²) in [4.78, 5) is 10.8. The van der Waals surface area contributed by atoms with Gasteiger partial charge in [-0.2, -0.15) is 13.5 Å². The van der Waals surface area contributed by atoms with E-state index in [4.69, 9.17) is 15.2 Å². The number of methoxy groups -OCH3 is 2. The van der Waals surface area contributed by atoms with Crippen LogP contribution in [-0.4, -0.2) is 38.2 Å². The van der Waals surface area contributed by atoms with Crippen LogP contribution in [0.1, 0.15) is 6.92 Å². The van der Waals surface area contributed by atoms with Gasteiger partial charge in [0, 0.05) is 30.8 Å². The number of nitrogens with zero attached hydrogens (tertiary/aromatic N) is 4. The number of nitrogens with two attached hydrogens (primary N) is 1. The standard InChI is InChI=1S/C26H24N6O7S/c1-14(33)28-16-5-4-6-17(10-16)29-30-20-12-24(39-3)21(13-23(20)38-2)31-32-26-19(27)8-7-15-9-18(40(35,36)37)11-22(34)25(15)26/h4-13,34H,27H2,1-3H3,(H,28,33)(H,35,36,37). The van der Waals surface area contributed by atoms with E-state index in [2.05, 4.69) is 25.8 Å². The van der Waals surface area contributed by atoms with E-state index in [1.54, 1.807) is 24.3 Å². The number of amides is 1. The highest BCUT2D eigenvalue weighted by molar-refractivity contribution is 7.85. The molecule has 4 rings (SSSR count). The average molecular weight is 565 g/mol. The molecular weight excluding hydrogens is 540 g/mol. The highest BCUT2D eigenvalue weighted by atomic mass is 32.2. The van der Waals surface area contributed by atoms with Gasteiger partial charge in [0.25, 0.3) is 10.1 Å². The summed E-state index contributed by atoms with van der Waals surface area (Å²) in [6, 6.07) is 14.9. The number of hydrogen-bond donors (Lipinski definition) is 4. The summed E-state index contributed by atoms with van der Waals surface area (Å²) in [7, 11) is -1.69. The van der Waals surface area contributed by atoms with Gasteiger partial charge < -0.3 is 25.6 Å². The summed E-state index contributed by atoms with van der Waals surface area (Å²) in [5.74, 6) is -0.118. The van der Waals surface area contributed by atoms with E-state index in [-0.39, 0.29) is 39.5 Å². The van der Waals surface area contributed by atoms with Crippen LogP contribution in [0.25, 0.3) is 10.8 Å². The third kappa shape index (κ3) is 6.14. The number of benzene rings is 4. The minimum atomic E-state index is -4.55. The van der Waals surface area contributed by atoms with Crippen LogP contribution in [0.2, 0.25) is 0 Å². The van der Waals surface area contributed by atoms with Crippen molar-refractivity contribution in [1.29, 1.82) is 0 Å². The Hall–Kier alpha value is -5.08. The zero-order chi connectivity index (χ0) is 29.0. The number of rotatable bonds is 8. The third-order valence-corrected chi connectivity index (χ3v) is 6.38. The number of anilines is 2. The van der Waals surface area contributed by atoms with Gasteiger partial charge in [0.2, 0.25) is 5.91 Å². The number of carbonyl (C=O) groups excluding carboxylic acids is 1. The Morgan fingerprint density at radius 1 is 0.900 bits per heavy atom. The van der Waals surface area contributed by atoms with Crippen LogP contribution in [0.4, 0.5) is 34.1 Å². The third-order valence-electron chi connectivity index (χ3n) is 5.55. The zero-order valence-electron chi connectivity index (χ0n) is 21.5. The number of phenolic OH excluding ortho intramolecular Hbond substituents is 1. The zero-order valence-corrected chi connectivity index (χ0v) is 22.3. The number of nitrogens with one attached hydrogen (secondary N) is 1. The molecule has 0 aliphatic carbocycles. The predicted molar refractivity (Wildman–Crippen MR) is 148 cm³/mol. The van der Waals surface area contributed by atoms with E-state index in [9.17, 15) is 22.9 Å². The maximum Gasteiger partial charge on any atom is 0.294 e.